The SMILES string of the molecule is COc1c(O)c(CC=C(C)C)c2c(c1O)C(=O)[C@@H](O)[C@@H](c1cc(O)ccc1O)O2. The molecule has 154 valence electrons. The summed E-state index contributed by atoms with van der Waals surface area (Å²) < 4.78 is 10.9. The third kappa shape index (κ3) is 3.42. The number of phenolic OH excluding ortho intramolecular Hbond substituents is 4. The second-order valence-corrected chi connectivity index (χ2v) is 6.99. The molecule has 2 aromatic rings. The fraction of sp³-hybridized carbons (Fsp3) is 0.286. The molecule has 2 aromatic carbocycles. The molecule has 5 N–H and O–H groups in total. The molecule has 2 atom stereocenters. The highest BCUT2D eigenvalue weighted by molar-refractivity contribution is 6.07. The second kappa shape index (κ2) is 7.56. The molecule has 29 heavy (non-hydrogen) atoms. The van der Waals surface area contributed by atoms with Crippen LogP contribution in [0.1, 0.15) is 41.4 Å². The Balaban J connectivity index is 2.25. The average Bonchev–Trinajstić information content (AvgIpc) is 2.66. The summed E-state index contributed by atoms with van der Waals surface area (Å²) in [5, 5.41) is 51.4. The van der Waals surface area contributed by atoms with Crippen molar-refractivity contribution in [2.24, 2.45) is 0 Å². The third-order valence-corrected chi connectivity index (χ3v) is 4.74. The minimum atomic E-state index is -1.77. The Morgan fingerprint density at radius 1 is 1.17 bits per heavy atom. The monoisotopic (exact) mass is 402 g/mol. The number of allylic oxidation sites excluding steroid dienone is 2. The number of hydrogen-bond acceptors (Lipinski definition) is 8. The lowest BCUT2D eigenvalue weighted by Gasteiger charge is -2.32. The van der Waals surface area contributed by atoms with Crippen LogP contribution in [0, 0.1) is 0 Å². The van der Waals surface area contributed by atoms with Gasteiger partial charge < -0.3 is 35.0 Å². The van der Waals surface area contributed by atoms with E-state index in [0.29, 0.717) is 0 Å². The van der Waals surface area contributed by atoms with E-state index >= 15 is 0 Å². The molecule has 1 aliphatic rings. The van der Waals surface area contributed by atoms with Gasteiger partial charge in [0.05, 0.1) is 7.11 Å². The van der Waals surface area contributed by atoms with Crippen molar-refractivity contribution in [3.05, 3.63) is 46.5 Å². The van der Waals surface area contributed by atoms with E-state index in [1.54, 1.807) is 6.08 Å². The largest absolute Gasteiger partial charge is 0.508 e. The third-order valence-electron chi connectivity index (χ3n) is 4.74. The fourth-order valence-corrected chi connectivity index (χ4v) is 3.26. The maximum atomic E-state index is 12.9. The maximum Gasteiger partial charge on any atom is 0.204 e. The Morgan fingerprint density at radius 2 is 1.86 bits per heavy atom. The standard InChI is InChI=1S/C21H22O8/c1-9(2)4-6-11-15(24)21(28-3)17(26)14-16(25)18(27)20(29-19(11)14)12-8-10(22)5-7-13(12)23/h4-5,7-8,18,20,22-24,26-27H,6H2,1-3H3/t18-,20-/m1/s1. The molecule has 0 aliphatic carbocycles. The normalized spacial score (nSPS) is 18.0. The summed E-state index contributed by atoms with van der Waals surface area (Å²) in [5.41, 5.74) is 0.787. The molecule has 0 amide bonds. The van der Waals surface area contributed by atoms with Crippen LogP contribution >= 0.6 is 0 Å². The predicted molar refractivity (Wildman–Crippen MR) is 103 cm³/mol. The van der Waals surface area contributed by atoms with Crippen molar-refractivity contribution in [2.45, 2.75) is 32.5 Å². The van der Waals surface area contributed by atoms with E-state index in [2.05, 4.69) is 0 Å². The van der Waals surface area contributed by atoms with Gasteiger partial charge in [0, 0.05) is 11.1 Å². The first-order valence-corrected chi connectivity index (χ1v) is 8.86. The van der Waals surface area contributed by atoms with Crippen LogP contribution in [0.2, 0.25) is 0 Å². The number of ketones is 1. The van der Waals surface area contributed by atoms with Crippen molar-refractivity contribution in [1.29, 1.82) is 0 Å². The highest BCUT2D eigenvalue weighted by atomic mass is 16.5. The first-order chi connectivity index (χ1) is 13.7. The molecule has 0 bridgehead atoms. The maximum absolute atomic E-state index is 12.9. The molecule has 0 radical (unpaired) electrons. The topological polar surface area (TPSA) is 137 Å². The molecular weight excluding hydrogens is 380 g/mol. The van der Waals surface area contributed by atoms with Crippen LogP contribution in [0.5, 0.6) is 34.5 Å². The second-order valence-electron chi connectivity index (χ2n) is 6.99. The van der Waals surface area contributed by atoms with Gasteiger partial charge in [-0.3, -0.25) is 4.79 Å². The number of hydrogen-bond donors (Lipinski definition) is 5. The zero-order chi connectivity index (χ0) is 21.5. The summed E-state index contributed by atoms with van der Waals surface area (Å²) in [7, 11) is 1.23. The number of carbonyl (C=O) groups is 1. The molecule has 0 saturated carbocycles. The van der Waals surface area contributed by atoms with Crippen LogP contribution in [0.25, 0.3) is 0 Å². The van der Waals surface area contributed by atoms with Crippen LogP contribution in [-0.2, 0) is 6.42 Å². The smallest absolute Gasteiger partial charge is 0.204 e. The van der Waals surface area contributed by atoms with Crippen molar-refractivity contribution < 1.29 is 39.8 Å². The Kier molecular flexibility index (Phi) is 5.30. The van der Waals surface area contributed by atoms with Crippen molar-refractivity contribution in [2.75, 3.05) is 7.11 Å². The van der Waals surface area contributed by atoms with Gasteiger partial charge >= 0.3 is 0 Å². The molecule has 8 nitrogen and oxygen atoms in total. The van der Waals surface area contributed by atoms with Crippen LogP contribution in [-0.4, -0.2) is 44.5 Å². The molecule has 0 unspecified atom stereocenters. The van der Waals surface area contributed by atoms with E-state index in [4.69, 9.17) is 9.47 Å². The Hall–Kier alpha value is -3.39. The number of aliphatic hydroxyl groups is 1. The van der Waals surface area contributed by atoms with Gasteiger partial charge in [-0.25, -0.2) is 0 Å². The lowest BCUT2D eigenvalue weighted by atomic mass is 9.89. The zero-order valence-corrected chi connectivity index (χ0v) is 16.1. The molecule has 1 heterocycles. The number of fused-ring (bicyclic) bond motifs is 1. The number of Topliss-reactive ketones (excluding diaryl/α,β-unsaturated/α-hetero) is 1. The molecule has 8 heteroatoms. The Labute approximate surface area is 166 Å². The van der Waals surface area contributed by atoms with E-state index in [0.717, 1.165) is 5.57 Å². The van der Waals surface area contributed by atoms with Gasteiger partial charge in [0.2, 0.25) is 11.5 Å². The first-order valence-electron chi connectivity index (χ1n) is 8.86. The number of phenols is 4. The van der Waals surface area contributed by atoms with Crippen molar-refractivity contribution in [1.82, 2.24) is 0 Å². The molecule has 3 rings (SSSR count). The quantitative estimate of drug-likeness (QED) is 0.389. The molecular formula is C21H22O8. The molecule has 0 saturated heterocycles. The number of rotatable bonds is 4. The molecule has 0 spiro atoms. The van der Waals surface area contributed by atoms with Crippen LogP contribution < -0.4 is 9.47 Å². The minimum absolute atomic E-state index is 0.0144. The van der Waals surface area contributed by atoms with Gasteiger partial charge in [0.25, 0.3) is 0 Å². The first kappa shape index (κ1) is 20.3. The fourth-order valence-electron chi connectivity index (χ4n) is 3.26. The number of carbonyl (C=O) groups excluding carboxylic acids is 1. The molecule has 0 aromatic heterocycles. The number of aromatic hydroxyl groups is 4. The predicted octanol–water partition coefficient (Wildman–Crippen LogP) is 2.70. The van der Waals surface area contributed by atoms with Gasteiger partial charge in [-0.2, -0.15) is 0 Å². The number of ether oxygens (including phenoxy) is 2. The summed E-state index contributed by atoms with van der Waals surface area (Å²) >= 11 is 0. The summed E-state index contributed by atoms with van der Waals surface area (Å²) in [6.07, 6.45) is -1.19. The minimum Gasteiger partial charge on any atom is -0.508 e. The summed E-state index contributed by atoms with van der Waals surface area (Å²) in [6.45, 7) is 3.70. The van der Waals surface area contributed by atoms with Crippen molar-refractivity contribution in [3.63, 3.8) is 0 Å². The van der Waals surface area contributed by atoms with Gasteiger partial charge in [0.1, 0.15) is 22.8 Å². The van der Waals surface area contributed by atoms with E-state index < -0.39 is 29.5 Å². The van der Waals surface area contributed by atoms with E-state index in [9.17, 15) is 30.3 Å². The Bertz CT molecular complexity index is 1000. The van der Waals surface area contributed by atoms with E-state index in [-0.39, 0.29) is 46.1 Å². The van der Waals surface area contributed by atoms with Crippen molar-refractivity contribution >= 4 is 5.78 Å². The summed E-state index contributed by atoms with van der Waals surface area (Å²) in [4.78, 5) is 12.9. The highest BCUT2D eigenvalue weighted by Gasteiger charge is 2.43. The molecule has 0 fully saturated rings. The lowest BCUT2D eigenvalue weighted by molar-refractivity contribution is 0.0196. The summed E-state index contributed by atoms with van der Waals surface area (Å²) in [5.74, 6) is -2.83. The van der Waals surface area contributed by atoms with E-state index in [1.165, 1.54) is 25.3 Å². The van der Waals surface area contributed by atoms with Gasteiger partial charge in [-0.15, -0.1) is 0 Å². The van der Waals surface area contributed by atoms with Gasteiger partial charge in [-0.1, -0.05) is 11.6 Å². The molecule has 1 aliphatic heterocycles. The average molecular weight is 402 g/mol. The Morgan fingerprint density at radius 3 is 2.48 bits per heavy atom. The summed E-state index contributed by atoms with van der Waals surface area (Å²) in [6, 6.07) is 3.61. The van der Waals surface area contributed by atoms with Gasteiger partial charge in [0.15, 0.2) is 23.7 Å². The van der Waals surface area contributed by atoms with Crippen molar-refractivity contribution in [3.8, 4) is 34.5 Å². The zero-order valence-electron chi connectivity index (χ0n) is 16.1. The van der Waals surface area contributed by atoms with Crippen LogP contribution in [0.4, 0.5) is 0 Å². The van der Waals surface area contributed by atoms with Crippen LogP contribution in [0.3, 0.4) is 0 Å². The lowest BCUT2D eigenvalue weighted by Crippen LogP contribution is -2.36. The number of aliphatic hydroxyl groups excluding tert-OH is 1. The highest BCUT2D eigenvalue weighted by Crippen LogP contribution is 2.52. The number of benzene rings is 2. The van der Waals surface area contributed by atoms with E-state index in [1.807, 2.05) is 13.8 Å². The number of methoxy groups -OCH3 is 1. The van der Waals surface area contributed by atoms with Crippen LogP contribution in [0.15, 0.2) is 29.8 Å². The van der Waals surface area contributed by atoms with Gasteiger partial charge in [-0.05, 0) is 38.5 Å².